The smallest absolute Gasteiger partial charge is 0.0589 e. The minimum Gasteiger partial charge on any atom is -0.383 e. The van der Waals surface area contributed by atoms with Gasteiger partial charge in [0.15, 0.2) is 0 Å². The van der Waals surface area contributed by atoms with Crippen molar-refractivity contribution >= 4 is 0 Å². The molecule has 2 rings (SSSR count). The van der Waals surface area contributed by atoms with Crippen molar-refractivity contribution in [3.63, 3.8) is 0 Å². The highest BCUT2D eigenvalue weighted by molar-refractivity contribution is 5.22. The highest BCUT2D eigenvalue weighted by Crippen LogP contribution is 2.24. The number of likely N-dealkylation sites (tertiary alicyclic amines) is 1. The standard InChI is InChI=1S/C16H26N2O/c1-16(2,3)15-10-13(5-6-17-15)9-14-11-18(12-14)7-8-19-4/h5-6,10,14H,7-9,11-12H2,1-4H3. The Morgan fingerprint density at radius 2 is 2.11 bits per heavy atom. The molecule has 0 bridgehead atoms. The zero-order chi connectivity index (χ0) is 13.9. The van der Waals surface area contributed by atoms with E-state index in [-0.39, 0.29) is 5.41 Å². The van der Waals surface area contributed by atoms with Crippen molar-refractivity contribution in [2.45, 2.75) is 32.6 Å². The van der Waals surface area contributed by atoms with Gasteiger partial charge < -0.3 is 9.64 Å². The zero-order valence-corrected chi connectivity index (χ0v) is 12.6. The van der Waals surface area contributed by atoms with Crippen LogP contribution in [0, 0.1) is 5.92 Å². The second kappa shape index (κ2) is 6.02. The molecule has 1 aromatic heterocycles. The number of methoxy groups -OCH3 is 1. The Labute approximate surface area is 117 Å². The van der Waals surface area contributed by atoms with Crippen LogP contribution in [0.1, 0.15) is 32.0 Å². The topological polar surface area (TPSA) is 25.4 Å². The highest BCUT2D eigenvalue weighted by atomic mass is 16.5. The van der Waals surface area contributed by atoms with E-state index in [1.165, 1.54) is 30.8 Å². The van der Waals surface area contributed by atoms with Gasteiger partial charge in [-0.2, -0.15) is 0 Å². The molecule has 0 atom stereocenters. The fourth-order valence-electron chi connectivity index (χ4n) is 2.55. The summed E-state index contributed by atoms with van der Waals surface area (Å²) >= 11 is 0. The lowest BCUT2D eigenvalue weighted by Crippen LogP contribution is -2.48. The third kappa shape index (κ3) is 4.02. The fourth-order valence-corrected chi connectivity index (χ4v) is 2.55. The molecule has 106 valence electrons. The predicted octanol–water partition coefficient (Wildman–Crippen LogP) is 2.50. The van der Waals surface area contributed by atoms with Crippen molar-refractivity contribution < 1.29 is 4.74 Å². The molecule has 1 aliphatic heterocycles. The molecule has 1 aliphatic rings. The van der Waals surface area contributed by atoms with E-state index in [4.69, 9.17) is 4.74 Å². The summed E-state index contributed by atoms with van der Waals surface area (Å²) in [5.41, 5.74) is 2.76. The van der Waals surface area contributed by atoms with Crippen LogP contribution in [0.2, 0.25) is 0 Å². The molecular formula is C16H26N2O. The van der Waals surface area contributed by atoms with Gasteiger partial charge in [0.05, 0.1) is 6.61 Å². The first-order valence-electron chi connectivity index (χ1n) is 7.16. The summed E-state index contributed by atoms with van der Waals surface area (Å²) < 4.78 is 5.10. The van der Waals surface area contributed by atoms with E-state index in [1.54, 1.807) is 7.11 Å². The maximum absolute atomic E-state index is 5.10. The van der Waals surface area contributed by atoms with Gasteiger partial charge >= 0.3 is 0 Å². The maximum Gasteiger partial charge on any atom is 0.0589 e. The first-order chi connectivity index (χ1) is 8.99. The molecular weight excluding hydrogens is 236 g/mol. The first kappa shape index (κ1) is 14.5. The molecule has 0 amide bonds. The molecule has 0 aliphatic carbocycles. The Morgan fingerprint density at radius 3 is 2.74 bits per heavy atom. The van der Waals surface area contributed by atoms with Crippen LogP contribution >= 0.6 is 0 Å². The number of nitrogens with zero attached hydrogens (tertiary/aromatic N) is 2. The minimum atomic E-state index is 0.139. The number of hydrogen-bond donors (Lipinski definition) is 0. The van der Waals surface area contributed by atoms with Crippen molar-refractivity contribution in [2.24, 2.45) is 5.92 Å². The van der Waals surface area contributed by atoms with Crippen molar-refractivity contribution in [2.75, 3.05) is 33.4 Å². The van der Waals surface area contributed by atoms with Gasteiger partial charge in [-0.15, -0.1) is 0 Å². The summed E-state index contributed by atoms with van der Waals surface area (Å²) in [6, 6.07) is 4.44. The maximum atomic E-state index is 5.10. The van der Waals surface area contributed by atoms with E-state index < -0.39 is 0 Å². The summed E-state index contributed by atoms with van der Waals surface area (Å²) in [6.07, 6.45) is 3.13. The van der Waals surface area contributed by atoms with E-state index in [1.807, 2.05) is 6.20 Å². The SMILES string of the molecule is COCCN1CC(Cc2ccnc(C(C)(C)C)c2)C1. The summed E-state index contributed by atoms with van der Waals surface area (Å²) in [5.74, 6) is 0.798. The van der Waals surface area contributed by atoms with Crippen LogP contribution in [0.25, 0.3) is 0 Å². The van der Waals surface area contributed by atoms with Crippen LogP contribution in [0.3, 0.4) is 0 Å². The molecule has 0 aromatic carbocycles. The molecule has 3 heteroatoms. The van der Waals surface area contributed by atoms with Gasteiger partial charge in [0.2, 0.25) is 0 Å². The monoisotopic (exact) mass is 262 g/mol. The Morgan fingerprint density at radius 1 is 1.37 bits per heavy atom. The fraction of sp³-hybridized carbons (Fsp3) is 0.688. The van der Waals surface area contributed by atoms with Gasteiger partial charge in [0.25, 0.3) is 0 Å². The lowest BCUT2D eigenvalue weighted by molar-refractivity contribution is 0.0648. The molecule has 1 fully saturated rings. The lowest BCUT2D eigenvalue weighted by atomic mass is 9.88. The summed E-state index contributed by atoms with van der Waals surface area (Å²) in [7, 11) is 1.77. The quantitative estimate of drug-likeness (QED) is 0.815. The molecule has 0 saturated carbocycles. The van der Waals surface area contributed by atoms with Gasteiger partial charge in [-0.25, -0.2) is 0 Å². The molecule has 0 radical (unpaired) electrons. The Hall–Kier alpha value is -0.930. The summed E-state index contributed by atoms with van der Waals surface area (Å²) in [6.45, 7) is 11.0. The zero-order valence-electron chi connectivity index (χ0n) is 12.6. The van der Waals surface area contributed by atoms with E-state index in [9.17, 15) is 0 Å². The molecule has 0 spiro atoms. The van der Waals surface area contributed by atoms with Crippen LogP contribution in [-0.4, -0.2) is 43.2 Å². The number of aromatic nitrogens is 1. The Balaban J connectivity index is 1.85. The van der Waals surface area contributed by atoms with Crippen LogP contribution < -0.4 is 0 Å². The second-order valence-corrected chi connectivity index (χ2v) is 6.62. The number of ether oxygens (including phenoxy) is 1. The average molecular weight is 262 g/mol. The third-order valence-electron chi connectivity index (χ3n) is 3.76. The van der Waals surface area contributed by atoms with Crippen LogP contribution in [0.4, 0.5) is 0 Å². The number of pyridine rings is 1. The lowest BCUT2D eigenvalue weighted by Gasteiger charge is -2.39. The van der Waals surface area contributed by atoms with Crippen LogP contribution in [-0.2, 0) is 16.6 Å². The van der Waals surface area contributed by atoms with Crippen molar-refractivity contribution in [1.29, 1.82) is 0 Å². The molecule has 0 unspecified atom stereocenters. The van der Waals surface area contributed by atoms with Crippen molar-refractivity contribution in [1.82, 2.24) is 9.88 Å². The Kier molecular flexibility index (Phi) is 4.58. The predicted molar refractivity (Wildman–Crippen MR) is 78.4 cm³/mol. The molecule has 2 heterocycles. The molecule has 0 N–H and O–H groups in total. The minimum absolute atomic E-state index is 0.139. The van der Waals surface area contributed by atoms with E-state index in [0.29, 0.717) is 0 Å². The summed E-state index contributed by atoms with van der Waals surface area (Å²) in [5, 5.41) is 0. The van der Waals surface area contributed by atoms with Crippen molar-refractivity contribution in [3.8, 4) is 0 Å². The normalized spacial score (nSPS) is 17.5. The first-order valence-corrected chi connectivity index (χ1v) is 7.16. The van der Waals surface area contributed by atoms with Crippen LogP contribution in [0.5, 0.6) is 0 Å². The van der Waals surface area contributed by atoms with Gasteiger partial charge in [-0.05, 0) is 30.0 Å². The molecule has 3 nitrogen and oxygen atoms in total. The van der Waals surface area contributed by atoms with Gasteiger partial charge in [-0.1, -0.05) is 20.8 Å². The van der Waals surface area contributed by atoms with E-state index >= 15 is 0 Å². The molecule has 1 saturated heterocycles. The molecule has 1 aromatic rings. The largest absolute Gasteiger partial charge is 0.383 e. The Bertz CT molecular complexity index is 405. The van der Waals surface area contributed by atoms with Gasteiger partial charge in [0, 0.05) is 44.0 Å². The third-order valence-corrected chi connectivity index (χ3v) is 3.76. The highest BCUT2D eigenvalue weighted by Gasteiger charge is 2.26. The number of hydrogen-bond acceptors (Lipinski definition) is 3. The van der Waals surface area contributed by atoms with E-state index in [2.05, 4.69) is 42.8 Å². The van der Waals surface area contributed by atoms with E-state index in [0.717, 1.165) is 19.1 Å². The average Bonchev–Trinajstić information content (AvgIpc) is 2.31. The van der Waals surface area contributed by atoms with Gasteiger partial charge in [0.1, 0.15) is 0 Å². The second-order valence-electron chi connectivity index (χ2n) is 6.62. The van der Waals surface area contributed by atoms with Crippen LogP contribution in [0.15, 0.2) is 18.3 Å². The van der Waals surface area contributed by atoms with Gasteiger partial charge in [-0.3, -0.25) is 4.98 Å². The number of rotatable bonds is 5. The molecule has 19 heavy (non-hydrogen) atoms. The van der Waals surface area contributed by atoms with Crippen molar-refractivity contribution in [3.05, 3.63) is 29.6 Å². The summed E-state index contributed by atoms with van der Waals surface area (Å²) in [4.78, 5) is 6.95.